The molecule has 0 aliphatic carbocycles. The molecule has 1 fully saturated rings. The quantitative estimate of drug-likeness (QED) is 0.924. The molecule has 3 amide bonds. The molecule has 0 saturated carbocycles. The van der Waals surface area contributed by atoms with Gasteiger partial charge in [0.1, 0.15) is 5.69 Å². The predicted molar refractivity (Wildman–Crippen MR) is 83.6 cm³/mol. The number of nitrogens with one attached hydrogen (secondary N) is 1. The first-order valence-corrected chi connectivity index (χ1v) is 8.05. The summed E-state index contributed by atoms with van der Waals surface area (Å²) in [5, 5.41) is 8.26. The van der Waals surface area contributed by atoms with Gasteiger partial charge in [-0.25, -0.2) is 4.79 Å². The van der Waals surface area contributed by atoms with Crippen molar-refractivity contribution in [3.05, 3.63) is 35.2 Å². The summed E-state index contributed by atoms with van der Waals surface area (Å²) in [5.74, 6) is -0.376. The van der Waals surface area contributed by atoms with Crippen LogP contribution in [-0.2, 0) is 0 Å². The molecule has 2 aromatic rings. The third kappa shape index (κ3) is 3.30. The molecule has 6 nitrogen and oxygen atoms in total. The first-order chi connectivity index (χ1) is 10.7. The number of piperidine rings is 1. The van der Waals surface area contributed by atoms with Crippen LogP contribution >= 0.6 is 11.5 Å². The number of benzene rings is 1. The summed E-state index contributed by atoms with van der Waals surface area (Å²) >= 11 is 1.28. The number of rotatable bonds is 2. The average Bonchev–Trinajstić information content (AvgIpc) is 3.10. The van der Waals surface area contributed by atoms with Gasteiger partial charge in [-0.1, -0.05) is 16.6 Å². The summed E-state index contributed by atoms with van der Waals surface area (Å²) in [7, 11) is 0. The van der Waals surface area contributed by atoms with E-state index >= 15 is 0 Å². The first kappa shape index (κ1) is 14.6. The van der Waals surface area contributed by atoms with Crippen molar-refractivity contribution in [3.8, 4) is 11.3 Å². The normalized spacial score (nSPS) is 14.6. The number of imide groups is 1. The van der Waals surface area contributed by atoms with E-state index in [-0.39, 0.29) is 11.9 Å². The fraction of sp³-hybridized carbons (Fsp3) is 0.333. The number of carbonyl (C=O) groups is 2. The molecule has 0 bridgehead atoms. The van der Waals surface area contributed by atoms with Crippen LogP contribution in [0.5, 0.6) is 0 Å². The van der Waals surface area contributed by atoms with Crippen LogP contribution in [0.15, 0.2) is 29.6 Å². The number of likely N-dealkylation sites (tertiary alicyclic amines) is 1. The van der Waals surface area contributed by atoms with Gasteiger partial charge in [0.15, 0.2) is 0 Å². The highest BCUT2D eigenvalue weighted by molar-refractivity contribution is 7.03. The smallest absolute Gasteiger partial charge is 0.324 e. The molecular formula is C15H16N4O2S. The second kappa shape index (κ2) is 6.65. The standard InChI is InChI=1S/C15H16N4O2S/c20-14(16-15(21)19-8-2-1-3-9-19)12-6-4-11(5-7-12)13-10-22-18-17-13/h4-7,10H,1-3,8-9H2,(H,16,20,21). The van der Waals surface area contributed by atoms with Crippen molar-refractivity contribution in [3.63, 3.8) is 0 Å². The number of hydrogen-bond acceptors (Lipinski definition) is 5. The molecule has 3 rings (SSSR count). The molecule has 114 valence electrons. The van der Waals surface area contributed by atoms with E-state index in [0.717, 1.165) is 43.6 Å². The van der Waals surface area contributed by atoms with Crippen LogP contribution in [0.25, 0.3) is 11.3 Å². The summed E-state index contributed by atoms with van der Waals surface area (Å²) in [5.41, 5.74) is 2.13. The Morgan fingerprint density at radius 2 is 1.82 bits per heavy atom. The van der Waals surface area contributed by atoms with Crippen molar-refractivity contribution in [2.75, 3.05) is 13.1 Å². The maximum atomic E-state index is 12.1. The van der Waals surface area contributed by atoms with Gasteiger partial charge in [0.05, 0.1) is 0 Å². The maximum absolute atomic E-state index is 12.1. The van der Waals surface area contributed by atoms with Gasteiger partial charge in [0.2, 0.25) is 0 Å². The number of carbonyl (C=O) groups excluding carboxylic acids is 2. The monoisotopic (exact) mass is 316 g/mol. The Hall–Kier alpha value is -2.28. The van der Waals surface area contributed by atoms with Crippen LogP contribution in [0.3, 0.4) is 0 Å². The highest BCUT2D eigenvalue weighted by Gasteiger charge is 2.19. The Bertz CT molecular complexity index is 649. The molecule has 1 saturated heterocycles. The van der Waals surface area contributed by atoms with E-state index in [1.54, 1.807) is 29.2 Å². The minimum Gasteiger partial charge on any atom is -0.324 e. The Balaban J connectivity index is 1.63. The lowest BCUT2D eigenvalue weighted by atomic mass is 10.1. The second-order valence-corrected chi connectivity index (χ2v) is 5.78. The molecule has 1 aromatic heterocycles. The number of amides is 3. The van der Waals surface area contributed by atoms with Crippen molar-refractivity contribution in [2.24, 2.45) is 0 Å². The van der Waals surface area contributed by atoms with Crippen LogP contribution in [0.2, 0.25) is 0 Å². The van der Waals surface area contributed by atoms with Gasteiger partial charge < -0.3 is 4.90 Å². The van der Waals surface area contributed by atoms with Crippen molar-refractivity contribution in [1.82, 2.24) is 19.8 Å². The zero-order valence-corrected chi connectivity index (χ0v) is 12.8. The molecular weight excluding hydrogens is 300 g/mol. The average molecular weight is 316 g/mol. The highest BCUT2D eigenvalue weighted by Crippen LogP contribution is 2.18. The molecule has 22 heavy (non-hydrogen) atoms. The lowest BCUT2D eigenvalue weighted by molar-refractivity contribution is 0.0949. The SMILES string of the molecule is O=C(NC(=O)N1CCCCC1)c1ccc(-c2csnn2)cc1. The number of aromatic nitrogens is 2. The molecule has 2 heterocycles. The van der Waals surface area contributed by atoms with Gasteiger partial charge in [-0.3, -0.25) is 10.1 Å². The molecule has 1 N–H and O–H groups in total. The number of urea groups is 1. The van der Waals surface area contributed by atoms with Crippen LogP contribution in [0.1, 0.15) is 29.6 Å². The van der Waals surface area contributed by atoms with Crippen molar-refractivity contribution >= 4 is 23.5 Å². The largest absolute Gasteiger partial charge is 0.324 e. The van der Waals surface area contributed by atoms with E-state index in [9.17, 15) is 9.59 Å². The van der Waals surface area contributed by atoms with Crippen LogP contribution in [0.4, 0.5) is 4.79 Å². The highest BCUT2D eigenvalue weighted by atomic mass is 32.1. The molecule has 0 radical (unpaired) electrons. The number of nitrogens with zero attached hydrogens (tertiary/aromatic N) is 3. The predicted octanol–water partition coefficient (Wildman–Crippen LogP) is 2.54. The Labute approximate surface area is 132 Å². The van der Waals surface area contributed by atoms with Crippen LogP contribution in [-0.4, -0.2) is 39.5 Å². The Morgan fingerprint density at radius 3 is 2.45 bits per heavy atom. The first-order valence-electron chi connectivity index (χ1n) is 7.22. The molecule has 7 heteroatoms. The van der Waals surface area contributed by atoms with E-state index in [2.05, 4.69) is 14.9 Å². The zero-order chi connectivity index (χ0) is 15.4. The zero-order valence-electron chi connectivity index (χ0n) is 12.0. The van der Waals surface area contributed by atoms with Crippen molar-refractivity contribution in [1.29, 1.82) is 0 Å². The van der Waals surface area contributed by atoms with Gasteiger partial charge in [-0.2, -0.15) is 0 Å². The fourth-order valence-electron chi connectivity index (χ4n) is 2.43. The van der Waals surface area contributed by atoms with E-state index in [4.69, 9.17) is 0 Å². The third-order valence-corrected chi connectivity index (χ3v) is 4.17. The summed E-state index contributed by atoms with van der Waals surface area (Å²) in [4.78, 5) is 25.8. The summed E-state index contributed by atoms with van der Waals surface area (Å²) in [6, 6.07) is 6.67. The van der Waals surface area contributed by atoms with Gasteiger partial charge in [-0.15, -0.1) is 5.10 Å². The minimum atomic E-state index is -0.376. The van der Waals surface area contributed by atoms with E-state index < -0.39 is 0 Å². The Kier molecular flexibility index (Phi) is 4.43. The fourth-order valence-corrected chi connectivity index (χ4v) is 2.89. The number of hydrogen-bond donors (Lipinski definition) is 1. The molecule has 0 unspecified atom stereocenters. The van der Waals surface area contributed by atoms with E-state index in [0.29, 0.717) is 5.56 Å². The molecule has 0 atom stereocenters. The van der Waals surface area contributed by atoms with Crippen molar-refractivity contribution < 1.29 is 9.59 Å². The van der Waals surface area contributed by atoms with Gasteiger partial charge >= 0.3 is 6.03 Å². The topological polar surface area (TPSA) is 75.2 Å². The summed E-state index contributed by atoms with van der Waals surface area (Å²) in [6.45, 7) is 1.43. The molecule has 0 spiro atoms. The Morgan fingerprint density at radius 1 is 1.09 bits per heavy atom. The van der Waals surface area contributed by atoms with Crippen LogP contribution < -0.4 is 5.32 Å². The third-order valence-electron chi connectivity index (χ3n) is 3.67. The molecule has 1 aliphatic rings. The minimum absolute atomic E-state index is 0.308. The van der Waals surface area contributed by atoms with Gasteiger partial charge in [0, 0.05) is 29.6 Å². The lowest BCUT2D eigenvalue weighted by Crippen LogP contribution is -2.45. The van der Waals surface area contributed by atoms with E-state index in [1.165, 1.54) is 11.5 Å². The van der Waals surface area contributed by atoms with Crippen molar-refractivity contribution in [2.45, 2.75) is 19.3 Å². The van der Waals surface area contributed by atoms with Crippen LogP contribution in [0, 0.1) is 0 Å². The molecule has 1 aliphatic heterocycles. The summed E-state index contributed by atoms with van der Waals surface area (Å²) < 4.78 is 3.81. The second-order valence-electron chi connectivity index (χ2n) is 5.17. The van der Waals surface area contributed by atoms with E-state index in [1.807, 2.05) is 5.38 Å². The van der Waals surface area contributed by atoms with Gasteiger partial charge in [0.25, 0.3) is 5.91 Å². The summed E-state index contributed by atoms with van der Waals surface area (Å²) in [6.07, 6.45) is 3.14. The van der Waals surface area contributed by atoms with Gasteiger partial charge in [-0.05, 0) is 42.9 Å². The lowest BCUT2D eigenvalue weighted by Gasteiger charge is -2.26. The molecule has 1 aromatic carbocycles. The maximum Gasteiger partial charge on any atom is 0.324 e.